The van der Waals surface area contributed by atoms with E-state index in [1.807, 2.05) is 0 Å². The summed E-state index contributed by atoms with van der Waals surface area (Å²) in [5.41, 5.74) is 1.08. The van der Waals surface area contributed by atoms with Crippen molar-refractivity contribution >= 4 is 52.0 Å². The van der Waals surface area contributed by atoms with Crippen LogP contribution in [0.25, 0.3) is 17.4 Å². The minimum atomic E-state index is -0.478. The van der Waals surface area contributed by atoms with Crippen LogP contribution in [-0.4, -0.2) is 16.1 Å². The zero-order chi connectivity index (χ0) is 20.5. The van der Waals surface area contributed by atoms with Crippen LogP contribution in [0, 0.1) is 10.1 Å². The Hall–Kier alpha value is -3.36. The van der Waals surface area contributed by atoms with Crippen LogP contribution >= 0.6 is 23.4 Å². The zero-order valence-electron chi connectivity index (χ0n) is 14.6. The summed E-state index contributed by atoms with van der Waals surface area (Å²) in [7, 11) is 0. The van der Waals surface area contributed by atoms with Crippen molar-refractivity contribution in [2.75, 3.05) is 4.90 Å². The van der Waals surface area contributed by atoms with Crippen molar-refractivity contribution in [2.45, 2.75) is 0 Å². The largest absolute Gasteiger partial charge is 0.457 e. The number of rotatable bonds is 4. The van der Waals surface area contributed by atoms with Crippen molar-refractivity contribution < 1.29 is 18.9 Å². The number of thioether (sulfide) groups is 1. The maximum atomic E-state index is 12.7. The van der Waals surface area contributed by atoms with Crippen molar-refractivity contribution in [1.29, 1.82) is 0 Å². The van der Waals surface area contributed by atoms with Crippen LogP contribution in [0.4, 0.5) is 16.2 Å². The monoisotopic (exact) mass is 426 g/mol. The second-order valence-electron chi connectivity index (χ2n) is 6.00. The molecule has 7 nitrogen and oxygen atoms in total. The molecule has 4 rings (SSSR count). The third-order valence-electron chi connectivity index (χ3n) is 4.14. The van der Waals surface area contributed by atoms with E-state index in [1.54, 1.807) is 48.5 Å². The van der Waals surface area contributed by atoms with E-state index < -0.39 is 16.1 Å². The fraction of sp³-hybridized carbons (Fsp3) is 0. The molecule has 0 spiro atoms. The summed E-state index contributed by atoms with van der Waals surface area (Å²) in [5, 5.41) is 10.8. The molecular weight excluding hydrogens is 416 g/mol. The third kappa shape index (κ3) is 3.80. The van der Waals surface area contributed by atoms with Crippen LogP contribution in [-0.2, 0) is 4.79 Å². The predicted molar refractivity (Wildman–Crippen MR) is 111 cm³/mol. The second-order valence-corrected chi connectivity index (χ2v) is 7.43. The lowest BCUT2D eigenvalue weighted by Gasteiger charge is -2.11. The number of nitro groups is 1. The van der Waals surface area contributed by atoms with Crippen molar-refractivity contribution in [3.63, 3.8) is 0 Å². The summed E-state index contributed by atoms with van der Waals surface area (Å²) in [4.78, 5) is 36.5. The number of non-ortho nitro benzene ring substituents is 1. The normalized spacial score (nSPS) is 15.3. The van der Waals surface area contributed by atoms with Gasteiger partial charge in [-0.3, -0.25) is 19.7 Å². The van der Waals surface area contributed by atoms with Crippen LogP contribution in [0.2, 0.25) is 5.02 Å². The Kier molecular flexibility index (Phi) is 4.96. The number of nitrogens with zero attached hydrogens (tertiary/aromatic N) is 2. The quantitative estimate of drug-likeness (QED) is 0.299. The molecular formula is C20H11ClN2O5S. The molecule has 0 unspecified atom stereocenters. The molecule has 29 heavy (non-hydrogen) atoms. The predicted octanol–water partition coefficient (Wildman–Crippen LogP) is 5.75. The van der Waals surface area contributed by atoms with E-state index in [-0.39, 0.29) is 10.6 Å². The van der Waals surface area contributed by atoms with Gasteiger partial charge in [0.2, 0.25) is 0 Å². The van der Waals surface area contributed by atoms with Gasteiger partial charge in [-0.05, 0) is 60.3 Å². The molecule has 0 radical (unpaired) electrons. The fourth-order valence-electron chi connectivity index (χ4n) is 2.74. The van der Waals surface area contributed by atoms with Gasteiger partial charge in [0.15, 0.2) is 0 Å². The van der Waals surface area contributed by atoms with E-state index in [0.29, 0.717) is 27.8 Å². The Morgan fingerprint density at radius 2 is 1.69 bits per heavy atom. The lowest BCUT2D eigenvalue weighted by atomic mass is 10.1. The summed E-state index contributed by atoms with van der Waals surface area (Å²) >= 11 is 6.67. The lowest BCUT2D eigenvalue weighted by molar-refractivity contribution is -0.384. The molecule has 2 aromatic carbocycles. The standard InChI is InChI=1S/C20H11ClN2O5S/c21-13-3-7-14(8-4-13)22-19(24)18(29-20(22)25)11-16-9-10-17(28-16)12-1-5-15(6-2-12)23(26)27/h1-11H/b18-11-. The van der Waals surface area contributed by atoms with Gasteiger partial charge in [-0.25, -0.2) is 4.90 Å². The third-order valence-corrected chi connectivity index (χ3v) is 5.26. The van der Waals surface area contributed by atoms with Gasteiger partial charge in [-0.2, -0.15) is 0 Å². The Balaban J connectivity index is 1.57. The maximum absolute atomic E-state index is 12.7. The molecule has 1 saturated heterocycles. The van der Waals surface area contributed by atoms with E-state index in [2.05, 4.69) is 0 Å². The first-order chi connectivity index (χ1) is 13.9. The van der Waals surface area contributed by atoms with Gasteiger partial charge in [0, 0.05) is 28.8 Å². The van der Waals surface area contributed by atoms with E-state index in [1.165, 1.54) is 18.2 Å². The van der Waals surface area contributed by atoms with Crippen LogP contribution in [0.15, 0.2) is 70.0 Å². The van der Waals surface area contributed by atoms with Crippen molar-refractivity contribution in [3.05, 3.63) is 86.5 Å². The maximum Gasteiger partial charge on any atom is 0.298 e. The number of carbonyl (C=O) groups excluding carboxylic acids is 2. The van der Waals surface area contributed by atoms with Crippen LogP contribution < -0.4 is 4.90 Å². The van der Waals surface area contributed by atoms with Gasteiger partial charge in [0.1, 0.15) is 11.5 Å². The van der Waals surface area contributed by atoms with Gasteiger partial charge >= 0.3 is 0 Å². The number of furan rings is 1. The smallest absolute Gasteiger partial charge is 0.298 e. The first kappa shape index (κ1) is 19.0. The Morgan fingerprint density at radius 1 is 1.00 bits per heavy atom. The first-order valence-corrected chi connectivity index (χ1v) is 9.50. The Morgan fingerprint density at radius 3 is 2.34 bits per heavy atom. The van der Waals surface area contributed by atoms with Gasteiger partial charge in [0.05, 0.1) is 15.5 Å². The number of anilines is 1. The van der Waals surface area contributed by atoms with Crippen LogP contribution in [0.5, 0.6) is 0 Å². The molecule has 1 aliphatic rings. The average Bonchev–Trinajstić information content (AvgIpc) is 3.28. The van der Waals surface area contributed by atoms with Gasteiger partial charge in [0.25, 0.3) is 16.8 Å². The topological polar surface area (TPSA) is 93.7 Å². The summed E-state index contributed by atoms with van der Waals surface area (Å²) in [6.45, 7) is 0. The highest BCUT2D eigenvalue weighted by Gasteiger charge is 2.36. The van der Waals surface area contributed by atoms with Crippen LogP contribution in [0.1, 0.15) is 5.76 Å². The molecule has 3 aromatic rings. The Bertz CT molecular complexity index is 1150. The summed E-state index contributed by atoms with van der Waals surface area (Å²) < 4.78 is 5.71. The summed E-state index contributed by atoms with van der Waals surface area (Å²) in [5.74, 6) is 0.429. The molecule has 2 amide bonds. The number of carbonyl (C=O) groups is 2. The molecule has 0 atom stereocenters. The van der Waals surface area contributed by atoms with Crippen molar-refractivity contribution in [2.24, 2.45) is 0 Å². The zero-order valence-corrected chi connectivity index (χ0v) is 16.1. The molecule has 0 aliphatic carbocycles. The number of amides is 2. The van der Waals surface area contributed by atoms with Gasteiger partial charge < -0.3 is 4.42 Å². The lowest BCUT2D eigenvalue weighted by Crippen LogP contribution is -2.27. The van der Waals surface area contributed by atoms with E-state index in [4.69, 9.17) is 16.0 Å². The fourth-order valence-corrected chi connectivity index (χ4v) is 3.69. The number of benzene rings is 2. The number of imide groups is 1. The molecule has 0 N–H and O–H groups in total. The van der Waals surface area contributed by atoms with Gasteiger partial charge in [-0.15, -0.1) is 0 Å². The first-order valence-electron chi connectivity index (χ1n) is 8.30. The molecule has 0 bridgehead atoms. The van der Waals surface area contributed by atoms with Crippen molar-refractivity contribution in [3.8, 4) is 11.3 Å². The highest BCUT2D eigenvalue weighted by atomic mass is 35.5. The minimum absolute atomic E-state index is 0.0172. The highest BCUT2D eigenvalue weighted by molar-refractivity contribution is 8.19. The van der Waals surface area contributed by atoms with Crippen molar-refractivity contribution in [1.82, 2.24) is 0 Å². The molecule has 1 aromatic heterocycles. The molecule has 144 valence electrons. The van der Waals surface area contributed by atoms with Gasteiger partial charge in [-0.1, -0.05) is 11.6 Å². The summed E-state index contributed by atoms with van der Waals surface area (Å²) in [6, 6.07) is 15.7. The number of halogens is 1. The molecule has 1 aliphatic heterocycles. The highest BCUT2D eigenvalue weighted by Crippen LogP contribution is 2.36. The van der Waals surface area contributed by atoms with E-state index in [0.717, 1.165) is 16.7 Å². The number of nitro benzene ring substituents is 1. The molecule has 9 heteroatoms. The Labute approximate surface area is 173 Å². The molecule has 1 fully saturated rings. The molecule has 0 saturated carbocycles. The van der Waals surface area contributed by atoms with E-state index >= 15 is 0 Å². The minimum Gasteiger partial charge on any atom is -0.457 e. The second kappa shape index (κ2) is 7.57. The van der Waals surface area contributed by atoms with E-state index in [9.17, 15) is 19.7 Å². The number of hydrogen-bond donors (Lipinski definition) is 0. The average molecular weight is 427 g/mol. The number of hydrogen-bond acceptors (Lipinski definition) is 6. The summed E-state index contributed by atoms with van der Waals surface area (Å²) in [6.07, 6.45) is 1.50. The molecule has 2 heterocycles. The SMILES string of the molecule is O=C1S/C(=C\c2ccc(-c3ccc([N+](=O)[O-])cc3)o2)C(=O)N1c1ccc(Cl)cc1. The van der Waals surface area contributed by atoms with Crippen LogP contribution in [0.3, 0.4) is 0 Å².